The zero-order valence-electron chi connectivity index (χ0n) is 16.3. The number of para-hydroxylation sites is 1. The number of esters is 1. The van der Waals surface area contributed by atoms with E-state index in [0.717, 1.165) is 21.3 Å². The van der Waals surface area contributed by atoms with E-state index < -0.39 is 5.97 Å². The first-order chi connectivity index (χ1) is 14.5. The van der Waals surface area contributed by atoms with Gasteiger partial charge in [0, 0.05) is 10.2 Å². The number of anilines is 1. The number of amides is 1. The Hall–Kier alpha value is -3.45. The molecule has 0 aromatic heterocycles. The van der Waals surface area contributed by atoms with Gasteiger partial charge in [0.05, 0.1) is 18.3 Å². The Morgan fingerprint density at radius 3 is 2.40 bits per heavy atom. The summed E-state index contributed by atoms with van der Waals surface area (Å²) in [6.45, 7) is 2.09. The number of halogens is 1. The Labute approximate surface area is 183 Å². The standard InChI is InChI=1S/C23H20BrN3O3/c1-16-4-2-3-5-21(16)25-15-22(28)27-26-14-17-6-12-20(13-7-17)30-23(29)18-8-10-19(24)11-9-18/h2-14,25H,15H2,1H3,(H,27,28)/b26-14+. The van der Waals surface area contributed by atoms with Gasteiger partial charge in [-0.2, -0.15) is 5.10 Å². The highest BCUT2D eigenvalue weighted by molar-refractivity contribution is 9.10. The van der Waals surface area contributed by atoms with Gasteiger partial charge in [0.15, 0.2) is 0 Å². The quantitative estimate of drug-likeness (QED) is 0.232. The van der Waals surface area contributed by atoms with Crippen LogP contribution in [0.2, 0.25) is 0 Å². The first-order valence-corrected chi connectivity index (χ1v) is 10.00. The van der Waals surface area contributed by atoms with E-state index in [0.29, 0.717) is 11.3 Å². The summed E-state index contributed by atoms with van der Waals surface area (Å²) in [5.41, 5.74) is 5.66. The molecule has 0 unspecified atom stereocenters. The van der Waals surface area contributed by atoms with Crippen LogP contribution in [0.15, 0.2) is 82.4 Å². The fourth-order valence-corrected chi connectivity index (χ4v) is 2.80. The van der Waals surface area contributed by atoms with Crippen LogP contribution in [0.4, 0.5) is 5.69 Å². The molecule has 0 heterocycles. The van der Waals surface area contributed by atoms with Gasteiger partial charge >= 0.3 is 5.97 Å². The van der Waals surface area contributed by atoms with E-state index in [9.17, 15) is 9.59 Å². The number of carbonyl (C=O) groups excluding carboxylic acids is 2. The van der Waals surface area contributed by atoms with Gasteiger partial charge in [-0.25, -0.2) is 10.2 Å². The number of benzene rings is 3. The maximum atomic E-state index is 12.1. The molecule has 0 aliphatic heterocycles. The lowest BCUT2D eigenvalue weighted by atomic mass is 10.2. The van der Waals surface area contributed by atoms with Gasteiger partial charge in [0.1, 0.15) is 5.75 Å². The highest BCUT2D eigenvalue weighted by Gasteiger charge is 2.08. The zero-order valence-corrected chi connectivity index (χ0v) is 17.8. The molecule has 7 heteroatoms. The van der Waals surface area contributed by atoms with Crippen molar-refractivity contribution in [2.24, 2.45) is 5.10 Å². The van der Waals surface area contributed by atoms with Gasteiger partial charge in [-0.3, -0.25) is 4.79 Å². The van der Waals surface area contributed by atoms with Gasteiger partial charge in [0.25, 0.3) is 5.91 Å². The summed E-state index contributed by atoms with van der Waals surface area (Å²) < 4.78 is 6.23. The van der Waals surface area contributed by atoms with Crippen LogP contribution in [0.3, 0.4) is 0 Å². The summed E-state index contributed by atoms with van der Waals surface area (Å²) in [6.07, 6.45) is 1.52. The second kappa shape index (κ2) is 10.4. The van der Waals surface area contributed by atoms with Crippen molar-refractivity contribution in [1.82, 2.24) is 5.43 Å². The lowest BCUT2D eigenvalue weighted by Crippen LogP contribution is -2.26. The first-order valence-electron chi connectivity index (χ1n) is 9.20. The van der Waals surface area contributed by atoms with Crippen LogP contribution in [0.5, 0.6) is 5.75 Å². The minimum absolute atomic E-state index is 0.118. The molecule has 1 amide bonds. The van der Waals surface area contributed by atoms with E-state index in [2.05, 4.69) is 31.8 Å². The number of nitrogens with zero attached hydrogens (tertiary/aromatic N) is 1. The molecule has 0 atom stereocenters. The fourth-order valence-electron chi connectivity index (χ4n) is 2.54. The molecular weight excluding hydrogens is 446 g/mol. The van der Waals surface area contributed by atoms with Crippen LogP contribution >= 0.6 is 15.9 Å². The summed E-state index contributed by atoms with van der Waals surface area (Å²) >= 11 is 3.33. The Bertz CT molecular complexity index is 1050. The van der Waals surface area contributed by atoms with Gasteiger partial charge < -0.3 is 10.1 Å². The largest absolute Gasteiger partial charge is 0.423 e. The van der Waals surface area contributed by atoms with Crippen molar-refractivity contribution in [1.29, 1.82) is 0 Å². The molecule has 0 bridgehead atoms. The Morgan fingerprint density at radius 1 is 1.00 bits per heavy atom. The van der Waals surface area contributed by atoms with Crippen molar-refractivity contribution in [2.45, 2.75) is 6.92 Å². The Kier molecular flexibility index (Phi) is 7.34. The number of aryl methyl sites for hydroxylation is 1. The maximum absolute atomic E-state index is 12.1. The molecular formula is C23H20BrN3O3. The molecule has 30 heavy (non-hydrogen) atoms. The lowest BCUT2D eigenvalue weighted by Gasteiger charge is -2.07. The molecule has 0 aliphatic rings. The van der Waals surface area contributed by atoms with Crippen molar-refractivity contribution in [3.8, 4) is 5.75 Å². The predicted molar refractivity (Wildman–Crippen MR) is 121 cm³/mol. The number of nitrogens with one attached hydrogen (secondary N) is 2. The number of hydrogen-bond acceptors (Lipinski definition) is 5. The average molecular weight is 466 g/mol. The van der Waals surface area contributed by atoms with Crippen LogP contribution in [-0.2, 0) is 4.79 Å². The van der Waals surface area contributed by atoms with E-state index in [1.54, 1.807) is 48.5 Å². The highest BCUT2D eigenvalue weighted by atomic mass is 79.9. The van der Waals surface area contributed by atoms with Crippen LogP contribution < -0.4 is 15.5 Å². The predicted octanol–water partition coefficient (Wildman–Crippen LogP) is 4.54. The third-order valence-corrected chi connectivity index (χ3v) is 4.69. The molecule has 0 saturated carbocycles. The minimum Gasteiger partial charge on any atom is -0.423 e. The smallest absolute Gasteiger partial charge is 0.343 e. The van der Waals surface area contributed by atoms with Gasteiger partial charge in [-0.05, 0) is 72.6 Å². The van der Waals surface area contributed by atoms with E-state index in [1.807, 2.05) is 31.2 Å². The lowest BCUT2D eigenvalue weighted by molar-refractivity contribution is -0.119. The number of ether oxygens (including phenoxy) is 1. The van der Waals surface area contributed by atoms with Crippen LogP contribution in [0.25, 0.3) is 0 Å². The topological polar surface area (TPSA) is 79.8 Å². The molecule has 0 saturated heterocycles. The summed E-state index contributed by atoms with van der Waals surface area (Å²) in [5.74, 6) is -0.265. The molecule has 152 valence electrons. The fraction of sp³-hybridized carbons (Fsp3) is 0.0870. The van der Waals surface area contributed by atoms with E-state index in [4.69, 9.17) is 4.74 Å². The van der Waals surface area contributed by atoms with Crippen LogP contribution in [0, 0.1) is 6.92 Å². The third-order valence-electron chi connectivity index (χ3n) is 4.16. The maximum Gasteiger partial charge on any atom is 0.343 e. The first kappa shape index (κ1) is 21.3. The van der Waals surface area contributed by atoms with Crippen molar-refractivity contribution < 1.29 is 14.3 Å². The average Bonchev–Trinajstić information content (AvgIpc) is 2.75. The van der Waals surface area contributed by atoms with E-state index >= 15 is 0 Å². The van der Waals surface area contributed by atoms with Crippen molar-refractivity contribution in [2.75, 3.05) is 11.9 Å². The van der Waals surface area contributed by atoms with Crippen molar-refractivity contribution in [3.05, 3.63) is 94.0 Å². The molecule has 3 rings (SSSR count). The second-order valence-electron chi connectivity index (χ2n) is 6.43. The molecule has 0 radical (unpaired) electrons. The van der Waals surface area contributed by atoms with Crippen LogP contribution in [-0.4, -0.2) is 24.6 Å². The molecule has 3 aromatic carbocycles. The third kappa shape index (κ3) is 6.28. The SMILES string of the molecule is Cc1ccccc1NCC(=O)N/N=C/c1ccc(OC(=O)c2ccc(Br)cc2)cc1. The van der Waals surface area contributed by atoms with Gasteiger partial charge in [-0.15, -0.1) is 0 Å². The second-order valence-corrected chi connectivity index (χ2v) is 7.34. The molecule has 0 aliphatic carbocycles. The van der Waals surface area contributed by atoms with Crippen LogP contribution in [0.1, 0.15) is 21.5 Å². The van der Waals surface area contributed by atoms with E-state index in [-0.39, 0.29) is 12.5 Å². The molecule has 0 spiro atoms. The van der Waals surface area contributed by atoms with Crippen molar-refractivity contribution in [3.63, 3.8) is 0 Å². The molecule has 6 nitrogen and oxygen atoms in total. The summed E-state index contributed by atoms with van der Waals surface area (Å²) in [5, 5.41) is 7.01. The Morgan fingerprint density at radius 2 is 1.70 bits per heavy atom. The normalized spacial score (nSPS) is 10.6. The summed E-state index contributed by atoms with van der Waals surface area (Å²) in [6, 6.07) is 21.5. The summed E-state index contributed by atoms with van der Waals surface area (Å²) in [4.78, 5) is 24.0. The number of carbonyl (C=O) groups is 2. The van der Waals surface area contributed by atoms with Gasteiger partial charge in [-0.1, -0.05) is 34.1 Å². The zero-order chi connectivity index (χ0) is 21.3. The monoisotopic (exact) mass is 465 g/mol. The van der Waals surface area contributed by atoms with Crippen molar-refractivity contribution >= 4 is 39.7 Å². The summed E-state index contributed by atoms with van der Waals surface area (Å²) in [7, 11) is 0. The highest BCUT2D eigenvalue weighted by Crippen LogP contribution is 2.16. The molecule has 2 N–H and O–H groups in total. The molecule has 3 aromatic rings. The Balaban J connectivity index is 1.47. The molecule has 0 fully saturated rings. The van der Waals surface area contributed by atoms with E-state index in [1.165, 1.54) is 6.21 Å². The van der Waals surface area contributed by atoms with Gasteiger partial charge in [0.2, 0.25) is 0 Å². The minimum atomic E-state index is -0.433. The number of hydrogen-bond donors (Lipinski definition) is 2. The number of hydrazone groups is 1. The number of rotatable bonds is 7.